The van der Waals surface area contributed by atoms with Gasteiger partial charge in [-0.2, -0.15) is 0 Å². The second kappa shape index (κ2) is 10.3. The van der Waals surface area contributed by atoms with Crippen molar-refractivity contribution in [2.45, 2.75) is 46.3 Å². The average Bonchev–Trinajstić information content (AvgIpc) is 2.67. The van der Waals surface area contributed by atoms with Crippen molar-refractivity contribution in [1.29, 1.82) is 0 Å². The third-order valence-corrected chi connectivity index (χ3v) is 4.81. The first-order chi connectivity index (χ1) is 13.7. The van der Waals surface area contributed by atoms with Crippen molar-refractivity contribution in [3.05, 3.63) is 64.4 Å². The maximum absolute atomic E-state index is 14.1. The van der Waals surface area contributed by atoms with Crippen LogP contribution in [0.15, 0.2) is 42.5 Å². The highest BCUT2D eigenvalue weighted by Gasteiger charge is 2.27. The Hall–Kier alpha value is -2.60. The molecular weight excluding hydrogens is 395 g/mol. The lowest BCUT2D eigenvalue weighted by Crippen LogP contribution is -2.50. The lowest BCUT2D eigenvalue weighted by molar-refractivity contribution is -0.142. The Kier molecular flexibility index (Phi) is 8.02. The molecule has 0 radical (unpaired) electrons. The van der Waals surface area contributed by atoms with E-state index in [2.05, 4.69) is 5.32 Å². The van der Waals surface area contributed by atoms with Crippen LogP contribution in [-0.2, 0) is 16.1 Å². The molecule has 1 atom stereocenters. The molecule has 0 aromatic heterocycles. The quantitative estimate of drug-likeness (QED) is 0.699. The van der Waals surface area contributed by atoms with Crippen LogP contribution >= 0.6 is 11.6 Å². The van der Waals surface area contributed by atoms with E-state index in [1.807, 2.05) is 20.8 Å². The molecule has 5 nitrogen and oxygen atoms in total. The smallest absolute Gasteiger partial charge is 0.261 e. The molecule has 0 aliphatic rings. The average molecular weight is 421 g/mol. The fourth-order valence-corrected chi connectivity index (χ4v) is 2.85. The molecule has 2 aromatic rings. The molecule has 0 spiro atoms. The van der Waals surface area contributed by atoms with Gasteiger partial charge in [-0.05, 0) is 57.5 Å². The second-order valence-corrected chi connectivity index (χ2v) is 7.56. The number of aryl methyl sites for hydroxylation is 1. The van der Waals surface area contributed by atoms with Gasteiger partial charge in [-0.1, -0.05) is 29.8 Å². The monoisotopic (exact) mass is 420 g/mol. The molecule has 0 saturated heterocycles. The minimum atomic E-state index is -0.792. The van der Waals surface area contributed by atoms with Gasteiger partial charge in [0.05, 0.1) is 0 Å². The van der Waals surface area contributed by atoms with Crippen LogP contribution in [0.4, 0.5) is 4.39 Å². The lowest BCUT2D eigenvalue weighted by Gasteiger charge is -2.29. The SMILES string of the molecule is Cc1cc(OCC(=O)N(Cc2ccccc2F)C(C)C(=O)NC(C)C)ccc1Cl. The molecule has 1 unspecified atom stereocenters. The van der Waals surface area contributed by atoms with Gasteiger partial charge in [-0.15, -0.1) is 0 Å². The van der Waals surface area contributed by atoms with Crippen molar-refractivity contribution in [1.82, 2.24) is 10.2 Å². The summed E-state index contributed by atoms with van der Waals surface area (Å²) in [7, 11) is 0. The minimum Gasteiger partial charge on any atom is -0.484 e. The van der Waals surface area contributed by atoms with Crippen molar-refractivity contribution in [3.8, 4) is 5.75 Å². The fraction of sp³-hybridized carbons (Fsp3) is 0.364. The molecule has 0 aliphatic carbocycles. The molecular formula is C22H26ClFN2O3. The minimum absolute atomic E-state index is 0.0405. The number of hydrogen-bond acceptors (Lipinski definition) is 3. The van der Waals surface area contributed by atoms with Crippen LogP contribution < -0.4 is 10.1 Å². The molecule has 1 N–H and O–H groups in total. The largest absolute Gasteiger partial charge is 0.484 e. The number of hydrogen-bond donors (Lipinski definition) is 1. The normalized spacial score (nSPS) is 11.8. The topological polar surface area (TPSA) is 58.6 Å². The summed E-state index contributed by atoms with van der Waals surface area (Å²) in [6.07, 6.45) is 0. The van der Waals surface area contributed by atoms with Gasteiger partial charge in [0.15, 0.2) is 6.61 Å². The van der Waals surface area contributed by atoms with Crippen LogP contribution in [0.25, 0.3) is 0 Å². The van der Waals surface area contributed by atoms with E-state index in [-0.39, 0.29) is 25.1 Å². The van der Waals surface area contributed by atoms with Crippen LogP contribution in [0.3, 0.4) is 0 Å². The van der Waals surface area contributed by atoms with Gasteiger partial charge < -0.3 is 15.0 Å². The van der Waals surface area contributed by atoms with Crippen molar-refractivity contribution in [2.24, 2.45) is 0 Å². The van der Waals surface area contributed by atoms with E-state index in [0.717, 1.165) is 5.56 Å². The van der Waals surface area contributed by atoms with Crippen molar-refractivity contribution < 1.29 is 18.7 Å². The molecule has 2 rings (SSSR count). The highest BCUT2D eigenvalue weighted by atomic mass is 35.5. The Morgan fingerprint density at radius 3 is 2.48 bits per heavy atom. The van der Waals surface area contributed by atoms with Gasteiger partial charge in [0.1, 0.15) is 17.6 Å². The summed E-state index contributed by atoms with van der Waals surface area (Å²) in [5.74, 6) is -0.680. The van der Waals surface area contributed by atoms with E-state index in [1.54, 1.807) is 43.3 Å². The number of nitrogens with zero attached hydrogens (tertiary/aromatic N) is 1. The second-order valence-electron chi connectivity index (χ2n) is 7.15. The summed E-state index contributed by atoms with van der Waals surface area (Å²) in [4.78, 5) is 26.7. The van der Waals surface area contributed by atoms with Gasteiger partial charge in [-0.25, -0.2) is 4.39 Å². The number of benzene rings is 2. The highest BCUT2D eigenvalue weighted by molar-refractivity contribution is 6.31. The predicted molar refractivity (Wildman–Crippen MR) is 111 cm³/mol. The maximum Gasteiger partial charge on any atom is 0.261 e. The van der Waals surface area contributed by atoms with Crippen LogP contribution in [0.1, 0.15) is 31.9 Å². The Labute approximate surface area is 175 Å². The van der Waals surface area contributed by atoms with Crippen LogP contribution in [0, 0.1) is 12.7 Å². The molecule has 2 amide bonds. The molecule has 156 valence electrons. The van der Waals surface area contributed by atoms with E-state index in [0.29, 0.717) is 16.3 Å². The standard InChI is InChI=1S/C22H26ClFN2O3/c1-14(2)25-22(28)16(4)26(12-17-7-5-6-8-20(17)24)21(27)13-29-18-9-10-19(23)15(3)11-18/h5-11,14,16H,12-13H2,1-4H3,(H,25,28). The molecule has 0 bridgehead atoms. The number of carbonyl (C=O) groups excluding carboxylic acids is 2. The first kappa shape index (κ1) is 22.7. The summed E-state index contributed by atoms with van der Waals surface area (Å²) in [5, 5.41) is 3.38. The number of carbonyl (C=O) groups is 2. The fourth-order valence-electron chi connectivity index (χ4n) is 2.73. The third kappa shape index (κ3) is 6.46. The Balaban J connectivity index is 2.18. The third-order valence-electron chi connectivity index (χ3n) is 4.39. The highest BCUT2D eigenvalue weighted by Crippen LogP contribution is 2.21. The zero-order valence-corrected chi connectivity index (χ0v) is 17.8. The first-order valence-corrected chi connectivity index (χ1v) is 9.79. The maximum atomic E-state index is 14.1. The molecule has 0 aliphatic heterocycles. The van der Waals surface area contributed by atoms with Crippen molar-refractivity contribution in [3.63, 3.8) is 0 Å². The zero-order chi connectivity index (χ0) is 21.6. The van der Waals surface area contributed by atoms with E-state index in [1.165, 1.54) is 11.0 Å². The van der Waals surface area contributed by atoms with Crippen LogP contribution in [-0.4, -0.2) is 35.4 Å². The first-order valence-electron chi connectivity index (χ1n) is 9.41. The molecule has 7 heteroatoms. The van der Waals surface area contributed by atoms with Gasteiger partial charge in [-0.3, -0.25) is 9.59 Å². The van der Waals surface area contributed by atoms with Crippen molar-refractivity contribution >= 4 is 23.4 Å². The Morgan fingerprint density at radius 2 is 1.86 bits per heavy atom. The molecule has 29 heavy (non-hydrogen) atoms. The summed E-state index contributed by atoms with van der Waals surface area (Å²) >= 11 is 6.01. The Bertz CT molecular complexity index is 873. The lowest BCUT2D eigenvalue weighted by atomic mass is 10.1. The predicted octanol–water partition coefficient (Wildman–Crippen LogP) is 4.11. The summed E-state index contributed by atoms with van der Waals surface area (Å²) < 4.78 is 19.7. The van der Waals surface area contributed by atoms with Gasteiger partial charge >= 0.3 is 0 Å². The van der Waals surface area contributed by atoms with Crippen LogP contribution in [0.2, 0.25) is 5.02 Å². The van der Waals surface area contributed by atoms with E-state index in [9.17, 15) is 14.0 Å². The van der Waals surface area contributed by atoms with Gasteiger partial charge in [0, 0.05) is 23.2 Å². The summed E-state index contributed by atoms with van der Waals surface area (Å²) in [6.45, 7) is 6.79. The van der Waals surface area contributed by atoms with Crippen molar-refractivity contribution in [2.75, 3.05) is 6.61 Å². The number of amides is 2. The number of halogens is 2. The van der Waals surface area contributed by atoms with E-state index in [4.69, 9.17) is 16.3 Å². The molecule has 0 heterocycles. The number of ether oxygens (including phenoxy) is 1. The van der Waals surface area contributed by atoms with E-state index < -0.39 is 17.8 Å². The molecule has 2 aromatic carbocycles. The summed E-state index contributed by atoms with van der Waals surface area (Å²) in [5.41, 5.74) is 1.15. The Morgan fingerprint density at radius 1 is 1.17 bits per heavy atom. The van der Waals surface area contributed by atoms with E-state index >= 15 is 0 Å². The molecule has 0 saturated carbocycles. The summed E-state index contributed by atoms with van der Waals surface area (Å²) in [6, 6.07) is 10.4. The number of rotatable bonds is 8. The number of nitrogens with one attached hydrogen (secondary N) is 1. The zero-order valence-electron chi connectivity index (χ0n) is 17.0. The van der Waals surface area contributed by atoms with Gasteiger partial charge in [0.25, 0.3) is 5.91 Å². The molecule has 0 fully saturated rings. The van der Waals surface area contributed by atoms with Crippen LogP contribution in [0.5, 0.6) is 5.75 Å². The van der Waals surface area contributed by atoms with Gasteiger partial charge in [0.2, 0.25) is 5.91 Å².